The zero-order valence-electron chi connectivity index (χ0n) is 9.84. The molecule has 0 amide bonds. The van der Waals surface area contributed by atoms with Gasteiger partial charge < -0.3 is 5.11 Å². The second kappa shape index (κ2) is 4.86. The fourth-order valence-corrected chi connectivity index (χ4v) is 2.29. The molecule has 1 aromatic carbocycles. The van der Waals surface area contributed by atoms with E-state index in [1.165, 1.54) is 12.1 Å². The quantitative estimate of drug-likeness (QED) is 0.816. The van der Waals surface area contributed by atoms with Crippen molar-refractivity contribution in [3.8, 4) is 5.75 Å². The van der Waals surface area contributed by atoms with Crippen molar-refractivity contribution in [1.29, 1.82) is 0 Å². The van der Waals surface area contributed by atoms with E-state index in [1.54, 1.807) is 0 Å². The summed E-state index contributed by atoms with van der Waals surface area (Å²) in [7, 11) is 0. The first-order valence-electron chi connectivity index (χ1n) is 5.99. The Hall–Kier alpha value is -1.38. The number of hydrogen-bond acceptors (Lipinski definition) is 1. The molecular weight excluding hydrogens is 222 g/mol. The molecule has 1 unspecified atom stereocenters. The number of phenols is 1. The third kappa shape index (κ3) is 2.33. The minimum atomic E-state index is -1.15. The molecule has 1 atom stereocenters. The molecule has 0 fully saturated rings. The van der Waals surface area contributed by atoms with E-state index in [0.29, 0.717) is 5.92 Å². The maximum atomic E-state index is 13.7. The highest BCUT2D eigenvalue weighted by Crippen LogP contribution is 2.34. The second-order valence-corrected chi connectivity index (χ2v) is 4.54. The van der Waals surface area contributed by atoms with Gasteiger partial charge in [-0.15, -0.1) is 0 Å². The number of allylic oxidation sites excluding steroid dienone is 2. The summed E-state index contributed by atoms with van der Waals surface area (Å²) in [4.78, 5) is 0. The number of hydrogen-bond donors (Lipinski definition) is 1. The predicted octanol–water partition coefficient (Wildman–Crippen LogP) is 4.26. The molecule has 1 nitrogen and oxygen atoms in total. The molecule has 92 valence electrons. The van der Waals surface area contributed by atoms with E-state index in [-0.39, 0.29) is 5.56 Å². The fraction of sp³-hybridized carbons (Fsp3) is 0.429. The van der Waals surface area contributed by atoms with Crippen LogP contribution in [0.3, 0.4) is 0 Å². The number of rotatable bonds is 2. The molecule has 2 rings (SSSR count). The number of benzene rings is 1. The Morgan fingerprint density at radius 1 is 1.29 bits per heavy atom. The van der Waals surface area contributed by atoms with Gasteiger partial charge in [0.2, 0.25) is 5.82 Å². The lowest BCUT2D eigenvalue weighted by Crippen LogP contribution is -2.05. The van der Waals surface area contributed by atoms with E-state index >= 15 is 0 Å². The van der Waals surface area contributed by atoms with E-state index < -0.39 is 17.4 Å². The standard InChI is InChI=1S/C14H16F2O/c1-2-9-3-5-10(6-4-9)11-7-8-12(17)14(16)13(11)15/h5,7-9,17H,2-4,6H2,1H3. The highest BCUT2D eigenvalue weighted by atomic mass is 19.2. The van der Waals surface area contributed by atoms with E-state index in [0.717, 1.165) is 31.3 Å². The van der Waals surface area contributed by atoms with E-state index in [1.807, 2.05) is 6.08 Å². The van der Waals surface area contributed by atoms with Crippen molar-refractivity contribution in [2.24, 2.45) is 5.92 Å². The average Bonchev–Trinajstić information content (AvgIpc) is 2.36. The lowest BCUT2D eigenvalue weighted by molar-refractivity contribution is 0.405. The molecule has 3 heteroatoms. The van der Waals surface area contributed by atoms with Gasteiger partial charge in [0.15, 0.2) is 11.6 Å². The Bertz CT molecular complexity index is 452. The maximum absolute atomic E-state index is 13.7. The van der Waals surface area contributed by atoms with Gasteiger partial charge in [-0.25, -0.2) is 4.39 Å². The normalized spacial score (nSPS) is 20.2. The van der Waals surface area contributed by atoms with E-state index in [4.69, 9.17) is 5.11 Å². The van der Waals surface area contributed by atoms with E-state index in [2.05, 4.69) is 6.92 Å². The first-order valence-corrected chi connectivity index (χ1v) is 5.99. The molecule has 1 aliphatic rings. The first kappa shape index (κ1) is 12.1. The highest BCUT2D eigenvalue weighted by Gasteiger charge is 2.19. The molecule has 0 heterocycles. The predicted molar refractivity (Wildman–Crippen MR) is 63.6 cm³/mol. The smallest absolute Gasteiger partial charge is 0.200 e. The molecule has 1 aromatic rings. The monoisotopic (exact) mass is 238 g/mol. The van der Waals surface area contributed by atoms with Gasteiger partial charge in [0.05, 0.1) is 0 Å². The van der Waals surface area contributed by atoms with Crippen LogP contribution in [-0.4, -0.2) is 5.11 Å². The number of phenolic OH excluding ortho intramolecular Hbond substituents is 1. The summed E-state index contributed by atoms with van der Waals surface area (Å²) < 4.78 is 26.9. The molecule has 0 aromatic heterocycles. The van der Waals surface area contributed by atoms with Crippen LogP contribution in [0.4, 0.5) is 8.78 Å². The van der Waals surface area contributed by atoms with Gasteiger partial charge in [-0.3, -0.25) is 0 Å². The zero-order chi connectivity index (χ0) is 12.4. The highest BCUT2D eigenvalue weighted by molar-refractivity contribution is 5.67. The Kier molecular flexibility index (Phi) is 3.46. The van der Waals surface area contributed by atoms with Crippen LogP contribution in [-0.2, 0) is 0 Å². The Balaban J connectivity index is 2.30. The van der Waals surface area contributed by atoms with Gasteiger partial charge in [0.1, 0.15) is 0 Å². The molecule has 0 saturated carbocycles. The second-order valence-electron chi connectivity index (χ2n) is 4.54. The molecule has 0 aliphatic heterocycles. The molecule has 0 saturated heterocycles. The zero-order valence-corrected chi connectivity index (χ0v) is 9.84. The summed E-state index contributed by atoms with van der Waals surface area (Å²) in [5, 5.41) is 9.07. The average molecular weight is 238 g/mol. The van der Waals surface area contributed by atoms with Crippen molar-refractivity contribution in [3.05, 3.63) is 35.4 Å². The summed E-state index contributed by atoms with van der Waals surface area (Å²) in [6, 6.07) is 2.66. The summed E-state index contributed by atoms with van der Waals surface area (Å²) in [5.74, 6) is -2.06. The maximum Gasteiger partial charge on any atom is 0.200 e. The van der Waals surface area contributed by atoms with Crippen LogP contribution in [0.5, 0.6) is 5.75 Å². The Labute approximate surface area is 99.8 Å². The van der Waals surface area contributed by atoms with Gasteiger partial charge >= 0.3 is 0 Å². The summed E-state index contributed by atoms with van der Waals surface area (Å²) in [5.41, 5.74) is 1.14. The lowest BCUT2D eigenvalue weighted by atomic mass is 9.85. The molecule has 1 N–H and O–H groups in total. The minimum absolute atomic E-state index is 0.287. The molecule has 1 aliphatic carbocycles. The van der Waals surface area contributed by atoms with Crippen LogP contribution < -0.4 is 0 Å². The van der Waals surface area contributed by atoms with Gasteiger partial charge in [-0.2, -0.15) is 4.39 Å². The first-order chi connectivity index (χ1) is 8.13. The Morgan fingerprint density at radius 3 is 2.65 bits per heavy atom. The third-order valence-electron chi connectivity index (χ3n) is 3.50. The van der Waals surface area contributed by atoms with Gasteiger partial charge in [-0.1, -0.05) is 19.4 Å². The largest absolute Gasteiger partial charge is 0.505 e. The third-order valence-corrected chi connectivity index (χ3v) is 3.50. The van der Waals surface area contributed by atoms with Crippen molar-refractivity contribution in [1.82, 2.24) is 0 Å². The van der Waals surface area contributed by atoms with Crippen LogP contribution in [0.15, 0.2) is 18.2 Å². The molecular formula is C14H16F2O. The Morgan fingerprint density at radius 2 is 2.06 bits per heavy atom. The van der Waals surface area contributed by atoms with Gasteiger partial charge in [0.25, 0.3) is 0 Å². The van der Waals surface area contributed by atoms with Crippen LogP contribution >= 0.6 is 0 Å². The van der Waals surface area contributed by atoms with Crippen LogP contribution in [0.25, 0.3) is 5.57 Å². The number of halogens is 2. The summed E-state index contributed by atoms with van der Waals surface area (Å²) >= 11 is 0. The van der Waals surface area contributed by atoms with E-state index in [9.17, 15) is 8.78 Å². The van der Waals surface area contributed by atoms with Crippen molar-refractivity contribution < 1.29 is 13.9 Å². The van der Waals surface area contributed by atoms with Crippen molar-refractivity contribution in [3.63, 3.8) is 0 Å². The lowest BCUT2D eigenvalue weighted by Gasteiger charge is -2.21. The van der Waals surface area contributed by atoms with Gasteiger partial charge in [0, 0.05) is 5.56 Å². The fourth-order valence-electron chi connectivity index (χ4n) is 2.29. The number of aromatic hydroxyl groups is 1. The van der Waals surface area contributed by atoms with Gasteiger partial charge in [-0.05, 0) is 42.9 Å². The minimum Gasteiger partial charge on any atom is -0.505 e. The summed E-state index contributed by atoms with van der Waals surface area (Å²) in [6.45, 7) is 2.14. The van der Waals surface area contributed by atoms with Crippen molar-refractivity contribution in [2.75, 3.05) is 0 Å². The molecule has 0 bridgehead atoms. The van der Waals surface area contributed by atoms with Crippen molar-refractivity contribution >= 4 is 5.57 Å². The molecule has 17 heavy (non-hydrogen) atoms. The van der Waals surface area contributed by atoms with Crippen LogP contribution in [0.2, 0.25) is 0 Å². The van der Waals surface area contributed by atoms with Crippen LogP contribution in [0, 0.1) is 17.6 Å². The summed E-state index contributed by atoms with van der Waals surface area (Å²) in [6.07, 6.45) is 5.83. The van der Waals surface area contributed by atoms with Crippen molar-refractivity contribution in [2.45, 2.75) is 32.6 Å². The molecule has 0 radical (unpaired) electrons. The molecule has 0 spiro atoms. The van der Waals surface area contributed by atoms with Crippen LogP contribution in [0.1, 0.15) is 38.2 Å². The topological polar surface area (TPSA) is 20.2 Å². The SMILES string of the molecule is CCC1CC=C(c2ccc(O)c(F)c2F)CC1.